The minimum atomic E-state index is -0.801. The lowest BCUT2D eigenvalue weighted by molar-refractivity contribution is 0.0270. The number of fused-ring (bicyclic) bond motifs is 1. The molecule has 0 bridgehead atoms. The first-order valence-corrected chi connectivity index (χ1v) is 10.9. The maximum absolute atomic E-state index is 14.6. The zero-order valence-electron chi connectivity index (χ0n) is 18.3. The zero-order chi connectivity index (χ0) is 22.4. The van der Waals surface area contributed by atoms with Crippen LogP contribution in [0.15, 0.2) is 42.5 Å². The highest BCUT2D eigenvalue weighted by Crippen LogP contribution is 2.46. The van der Waals surface area contributed by atoms with E-state index in [9.17, 15) is 9.18 Å². The second-order valence-corrected chi connectivity index (χ2v) is 9.77. The average molecular weight is 444 g/mol. The second-order valence-electron chi connectivity index (χ2n) is 9.33. The van der Waals surface area contributed by atoms with E-state index >= 15 is 0 Å². The van der Waals surface area contributed by atoms with Crippen molar-refractivity contribution in [3.8, 4) is 5.75 Å². The van der Waals surface area contributed by atoms with Gasteiger partial charge in [-0.15, -0.1) is 0 Å². The number of halogens is 2. The molecule has 2 aromatic rings. The summed E-state index contributed by atoms with van der Waals surface area (Å²) < 4.78 is 26.5. The fourth-order valence-corrected chi connectivity index (χ4v) is 4.36. The Hall–Kier alpha value is -2.53. The Kier molecular flexibility index (Phi) is 5.50. The summed E-state index contributed by atoms with van der Waals surface area (Å²) in [4.78, 5) is 14.0. The summed E-state index contributed by atoms with van der Waals surface area (Å²) >= 11 is 5.93. The molecule has 2 aliphatic rings. The Bertz CT molecular complexity index is 1060. The number of ether oxygens (including phenoxy) is 2. The molecule has 2 heterocycles. The molecule has 0 N–H and O–H groups in total. The van der Waals surface area contributed by atoms with Crippen molar-refractivity contribution in [2.75, 3.05) is 13.1 Å². The maximum atomic E-state index is 14.6. The van der Waals surface area contributed by atoms with Gasteiger partial charge >= 0.3 is 6.09 Å². The summed E-state index contributed by atoms with van der Waals surface area (Å²) in [7, 11) is 0. The summed E-state index contributed by atoms with van der Waals surface area (Å²) in [5, 5.41) is 0.364. The van der Waals surface area contributed by atoms with E-state index in [-0.39, 0.29) is 11.9 Å². The van der Waals surface area contributed by atoms with Gasteiger partial charge in [-0.05, 0) is 57.4 Å². The van der Waals surface area contributed by atoms with Gasteiger partial charge in [0.25, 0.3) is 0 Å². The molecule has 6 heteroatoms. The first kappa shape index (κ1) is 21.7. The van der Waals surface area contributed by atoms with Gasteiger partial charge in [0.05, 0.1) is 0 Å². The first-order valence-electron chi connectivity index (χ1n) is 10.5. The molecule has 2 aliphatic heterocycles. The Balaban J connectivity index is 1.57. The summed E-state index contributed by atoms with van der Waals surface area (Å²) in [6, 6.07) is 10.8. The molecule has 0 saturated heterocycles. The minimum Gasteiger partial charge on any atom is -0.481 e. The SMILES string of the molecule is CC(C)(C)OC(=O)N1CC=C(c2cccc3c2OC(C)(c2ccc(Cl)cc2F)C3)CC1. The molecule has 31 heavy (non-hydrogen) atoms. The van der Waals surface area contributed by atoms with Crippen LogP contribution < -0.4 is 4.74 Å². The largest absolute Gasteiger partial charge is 0.481 e. The number of benzene rings is 2. The van der Waals surface area contributed by atoms with Crippen molar-refractivity contribution in [1.82, 2.24) is 4.90 Å². The molecule has 0 saturated carbocycles. The van der Waals surface area contributed by atoms with Gasteiger partial charge < -0.3 is 14.4 Å². The number of rotatable bonds is 2. The standard InChI is InChI=1S/C25H27ClFNO3/c1-24(2,3)31-23(29)28-12-10-16(11-13-28)19-7-5-6-17-15-25(4,30-22(17)19)20-9-8-18(26)14-21(20)27/h5-10,14H,11-13,15H2,1-4H3. The van der Waals surface area contributed by atoms with Gasteiger partial charge in [0.15, 0.2) is 0 Å². The number of amides is 1. The maximum Gasteiger partial charge on any atom is 0.410 e. The third-order valence-corrected chi connectivity index (χ3v) is 5.89. The normalized spacial score (nSPS) is 20.7. The second kappa shape index (κ2) is 7.86. The summed E-state index contributed by atoms with van der Waals surface area (Å²) in [6.45, 7) is 8.55. The Morgan fingerprint density at radius 2 is 2.03 bits per heavy atom. The van der Waals surface area contributed by atoms with Gasteiger partial charge in [-0.2, -0.15) is 0 Å². The molecule has 0 fully saturated rings. The number of hydrogen-bond donors (Lipinski definition) is 0. The molecule has 2 aromatic carbocycles. The fraction of sp³-hybridized carbons (Fsp3) is 0.400. The molecule has 0 radical (unpaired) electrons. The smallest absolute Gasteiger partial charge is 0.410 e. The van der Waals surface area contributed by atoms with Crippen molar-refractivity contribution < 1.29 is 18.7 Å². The van der Waals surface area contributed by atoms with Crippen molar-refractivity contribution in [3.63, 3.8) is 0 Å². The summed E-state index contributed by atoms with van der Waals surface area (Å²) in [5.41, 5.74) is 2.34. The lowest BCUT2D eigenvalue weighted by Crippen LogP contribution is -2.39. The predicted octanol–water partition coefficient (Wildman–Crippen LogP) is 6.35. The molecule has 1 unspecified atom stereocenters. The van der Waals surface area contributed by atoms with Crippen LogP contribution in [-0.2, 0) is 16.8 Å². The topological polar surface area (TPSA) is 38.8 Å². The van der Waals surface area contributed by atoms with Crippen LogP contribution in [0.25, 0.3) is 5.57 Å². The molecule has 1 amide bonds. The first-order chi connectivity index (χ1) is 14.6. The van der Waals surface area contributed by atoms with Crippen LogP contribution in [0.3, 0.4) is 0 Å². The van der Waals surface area contributed by atoms with E-state index < -0.39 is 11.2 Å². The van der Waals surface area contributed by atoms with Crippen molar-refractivity contribution in [3.05, 3.63) is 70.0 Å². The third kappa shape index (κ3) is 4.42. The van der Waals surface area contributed by atoms with E-state index in [2.05, 4.69) is 0 Å². The van der Waals surface area contributed by atoms with E-state index in [4.69, 9.17) is 21.1 Å². The summed E-state index contributed by atoms with van der Waals surface area (Å²) in [6.07, 6.45) is 3.02. The minimum absolute atomic E-state index is 0.303. The number of carbonyl (C=O) groups excluding carboxylic acids is 1. The number of hydrogen-bond acceptors (Lipinski definition) is 3. The van der Waals surface area contributed by atoms with Crippen LogP contribution in [0.4, 0.5) is 9.18 Å². The lowest BCUT2D eigenvalue weighted by atomic mass is 9.90. The number of carbonyl (C=O) groups is 1. The van der Waals surface area contributed by atoms with Crippen LogP contribution in [0.5, 0.6) is 5.75 Å². The number of nitrogens with zero attached hydrogens (tertiary/aromatic N) is 1. The van der Waals surface area contributed by atoms with E-state index in [0.29, 0.717) is 36.5 Å². The van der Waals surface area contributed by atoms with Crippen LogP contribution in [-0.4, -0.2) is 29.7 Å². The highest BCUT2D eigenvalue weighted by atomic mass is 35.5. The molecular weight excluding hydrogens is 417 g/mol. The Morgan fingerprint density at radius 1 is 1.26 bits per heavy atom. The van der Waals surface area contributed by atoms with Gasteiger partial charge in [-0.25, -0.2) is 9.18 Å². The summed E-state index contributed by atoms with van der Waals surface area (Å²) in [5.74, 6) is 0.422. The zero-order valence-corrected chi connectivity index (χ0v) is 19.1. The molecule has 0 aromatic heterocycles. The van der Waals surface area contributed by atoms with Gasteiger partial charge in [-0.3, -0.25) is 0 Å². The lowest BCUT2D eigenvalue weighted by Gasteiger charge is -2.30. The predicted molar refractivity (Wildman–Crippen MR) is 120 cm³/mol. The molecule has 1 atom stereocenters. The Labute approximate surface area is 187 Å². The van der Waals surface area contributed by atoms with Crippen molar-refractivity contribution in [2.24, 2.45) is 0 Å². The van der Waals surface area contributed by atoms with E-state index in [1.165, 1.54) is 6.07 Å². The van der Waals surface area contributed by atoms with Crippen LogP contribution in [0, 0.1) is 5.82 Å². The molecule has 4 nitrogen and oxygen atoms in total. The third-order valence-electron chi connectivity index (χ3n) is 5.66. The van der Waals surface area contributed by atoms with Crippen LogP contribution >= 0.6 is 11.6 Å². The van der Waals surface area contributed by atoms with Gasteiger partial charge in [0, 0.05) is 35.7 Å². The van der Waals surface area contributed by atoms with E-state index in [1.54, 1.807) is 17.0 Å². The van der Waals surface area contributed by atoms with E-state index in [0.717, 1.165) is 22.4 Å². The highest BCUT2D eigenvalue weighted by molar-refractivity contribution is 6.30. The number of para-hydroxylation sites is 1. The van der Waals surface area contributed by atoms with Crippen LogP contribution in [0.1, 0.15) is 50.8 Å². The van der Waals surface area contributed by atoms with Gasteiger partial charge in [0.1, 0.15) is 22.8 Å². The molecule has 0 aliphatic carbocycles. The average Bonchev–Trinajstić information content (AvgIpc) is 3.03. The quantitative estimate of drug-likeness (QED) is 0.542. The molecule has 164 valence electrons. The molecule has 4 rings (SSSR count). The van der Waals surface area contributed by atoms with Crippen LogP contribution in [0.2, 0.25) is 5.02 Å². The van der Waals surface area contributed by atoms with E-state index in [1.807, 2.05) is 52.0 Å². The monoisotopic (exact) mass is 443 g/mol. The molecular formula is C25H27ClFNO3. The van der Waals surface area contributed by atoms with Crippen molar-refractivity contribution >= 4 is 23.3 Å². The van der Waals surface area contributed by atoms with Gasteiger partial charge in [0.2, 0.25) is 0 Å². The highest BCUT2D eigenvalue weighted by Gasteiger charge is 2.40. The fourth-order valence-electron chi connectivity index (χ4n) is 4.20. The van der Waals surface area contributed by atoms with Crippen molar-refractivity contribution in [2.45, 2.75) is 51.7 Å². The van der Waals surface area contributed by atoms with Crippen molar-refractivity contribution in [1.29, 1.82) is 0 Å². The Morgan fingerprint density at radius 3 is 2.68 bits per heavy atom. The molecule has 0 spiro atoms. The van der Waals surface area contributed by atoms with Gasteiger partial charge in [-0.1, -0.05) is 41.9 Å².